The van der Waals surface area contributed by atoms with Crippen LogP contribution in [-0.2, 0) is 0 Å². The number of hydrogen-bond donors (Lipinski definition) is 3. The second kappa shape index (κ2) is 9.75. The molecule has 2 heterocycles. The summed E-state index contributed by atoms with van der Waals surface area (Å²) in [4.78, 5) is 14.2. The minimum atomic E-state index is -0.669. The molecule has 2 aromatic rings. The summed E-state index contributed by atoms with van der Waals surface area (Å²) in [5, 5.41) is 24.1. The van der Waals surface area contributed by atoms with Crippen LogP contribution in [-0.4, -0.2) is 69.7 Å². The van der Waals surface area contributed by atoms with Gasteiger partial charge >= 0.3 is 0 Å². The van der Waals surface area contributed by atoms with Gasteiger partial charge < -0.3 is 20.1 Å². The summed E-state index contributed by atoms with van der Waals surface area (Å²) < 4.78 is 6.05. The number of H-pyrrole nitrogens is 1. The zero-order valence-electron chi connectivity index (χ0n) is 16.4. The smallest absolute Gasteiger partial charge is 0.273 e. The number of piperidine rings is 1. The third-order valence-electron chi connectivity index (χ3n) is 5.02. The first-order valence-corrected chi connectivity index (χ1v) is 10.3. The van der Waals surface area contributed by atoms with E-state index in [1.165, 1.54) is 0 Å². The highest BCUT2D eigenvalue weighted by molar-refractivity contribution is 6.36. The lowest BCUT2D eigenvalue weighted by molar-refractivity contribution is 0.0593. The molecular formula is C19H25Cl2N5O3. The highest BCUT2D eigenvalue weighted by Crippen LogP contribution is 2.34. The summed E-state index contributed by atoms with van der Waals surface area (Å²) in [5.41, 5.74) is 1.58. The number of halogens is 2. The van der Waals surface area contributed by atoms with Crippen molar-refractivity contribution in [1.29, 1.82) is 0 Å². The molecule has 8 nitrogen and oxygen atoms in total. The summed E-state index contributed by atoms with van der Waals surface area (Å²) in [5.74, 6) is 0.301. The fourth-order valence-corrected chi connectivity index (χ4v) is 3.69. The van der Waals surface area contributed by atoms with Crippen LogP contribution in [0, 0.1) is 13.8 Å². The first kappa shape index (κ1) is 21.8. The van der Waals surface area contributed by atoms with Gasteiger partial charge in [0.15, 0.2) is 5.69 Å². The molecule has 0 spiro atoms. The molecule has 0 bridgehead atoms. The van der Waals surface area contributed by atoms with Crippen LogP contribution < -0.4 is 10.1 Å². The number of carbonyl (C=O) groups is 1. The van der Waals surface area contributed by atoms with Gasteiger partial charge in [-0.05, 0) is 44.4 Å². The van der Waals surface area contributed by atoms with E-state index in [9.17, 15) is 9.90 Å². The molecule has 1 aromatic heterocycles. The molecule has 3 rings (SSSR count). The lowest BCUT2D eigenvalue weighted by atomic mass is 10.1. The molecule has 0 unspecified atom stereocenters. The molecule has 0 aliphatic carbocycles. The van der Waals surface area contributed by atoms with Crippen molar-refractivity contribution in [3.63, 3.8) is 0 Å². The van der Waals surface area contributed by atoms with Crippen LogP contribution in [0.4, 0.5) is 0 Å². The summed E-state index contributed by atoms with van der Waals surface area (Å²) >= 11 is 12.4. The molecule has 3 N–H and O–H groups in total. The molecule has 1 aromatic carbocycles. The largest absolute Gasteiger partial charge is 0.489 e. The van der Waals surface area contributed by atoms with Crippen molar-refractivity contribution in [1.82, 2.24) is 25.6 Å². The fourth-order valence-electron chi connectivity index (χ4n) is 3.27. The number of aromatic amines is 1. The number of benzene rings is 1. The second-order valence-corrected chi connectivity index (χ2v) is 8.01. The molecule has 1 amide bonds. The van der Waals surface area contributed by atoms with E-state index >= 15 is 0 Å². The lowest BCUT2D eigenvalue weighted by Gasteiger charge is -2.33. The topological polar surface area (TPSA) is 103 Å². The van der Waals surface area contributed by atoms with Crippen molar-refractivity contribution in [3.8, 4) is 5.75 Å². The zero-order chi connectivity index (χ0) is 21.0. The Morgan fingerprint density at radius 3 is 2.72 bits per heavy atom. The Labute approximate surface area is 179 Å². The van der Waals surface area contributed by atoms with E-state index in [0.717, 1.165) is 31.5 Å². The summed E-state index contributed by atoms with van der Waals surface area (Å²) in [6, 6.07) is 3.59. The van der Waals surface area contributed by atoms with Crippen LogP contribution in [0.15, 0.2) is 12.1 Å². The van der Waals surface area contributed by atoms with Crippen molar-refractivity contribution in [2.24, 2.45) is 0 Å². The molecule has 1 atom stereocenters. The normalized spacial score (nSPS) is 16.6. The average Bonchev–Trinajstić information content (AvgIpc) is 3.14. The minimum Gasteiger partial charge on any atom is -0.489 e. The second-order valence-electron chi connectivity index (χ2n) is 7.22. The molecule has 10 heteroatoms. The van der Waals surface area contributed by atoms with Crippen LogP contribution in [0.1, 0.15) is 34.6 Å². The number of amides is 1. The predicted octanol–water partition coefficient (Wildman–Crippen LogP) is 2.36. The Morgan fingerprint density at radius 2 is 2.07 bits per heavy atom. The van der Waals surface area contributed by atoms with Crippen molar-refractivity contribution < 1.29 is 14.6 Å². The maximum absolute atomic E-state index is 12.0. The SMILES string of the molecule is Cc1n[nH]nc1C(=O)NC[C@@H](O)CN1CCC(Oc2ccc(Cl)c(C)c2Cl)CC1. The Bertz CT molecular complexity index is 852. The molecule has 29 heavy (non-hydrogen) atoms. The van der Waals surface area contributed by atoms with Crippen molar-refractivity contribution in [2.75, 3.05) is 26.2 Å². The van der Waals surface area contributed by atoms with E-state index in [1.807, 2.05) is 6.92 Å². The van der Waals surface area contributed by atoms with Gasteiger partial charge in [-0.2, -0.15) is 15.4 Å². The number of hydrogen-bond acceptors (Lipinski definition) is 6. The molecule has 0 saturated carbocycles. The van der Waals surface area contributed by atoms with Gasteiger partial charge in [0.1, 0.15) is 11.9 Å². The van der Waals surface area contributed by atoms with Gasteiger partial charge in [-0.25, -0.2) is 0 Å². The maximum Gasteiger partial charge on any atom is 0.273 e. The summed E-state index contributed by atoms with van der Waals surface area (Å²) in [7, 11) is 0. The molecule has 1 saturated heterocycles. The molecule has 1 aliphatic heterocycles. The van der Waals surface area contributed by atoms with E-state index in [0.29, 0.717) is 28.0 Å². The Kier molecular flexibility index (Phi) is 7.34. The van der Waals surface area contributed by atoms with Gasteiger partial charge in [-0.3, -0.25) is 4.79 Å². The third-order valence-corrected chi connectivity index (χ3v) is 5.90. The van der Waals surface area contributed by atoms with E-state index in [-0.39, 0.29) is 24.2 Å². The number of β-amino-alcohol motifs (C(OH)–C–C–N with tert-alkyl or cyclic N) is 1. The van der Waals surface area contributed by atoms with Gasteiger partial charge in [-0.15, -0.1) is 0 Å². The molecule has 1 aliphatic rings. The standard InChI is InChI=1S/C19H25Cl2N5O3/c1-11-15(20)3-4-16(17(11)21)29-14-5-7-26(8-6-14)10-13(27)9-22-19(28)18-12(2)23-25-24-18/h3-4,13-14,27H,5-10H2,1-2H3,(H,22,28)(H,23,24,25)/t13-/m1/s1. The number of aliphatic hydroxyl groups is 1. The monoisotopic (exact) mass is 441 g/mol. The van der Waals surface area contributed by atoms with E-state index in [1.54, 1.807) is 19.1 Å². The number of nitrogens with one attached hydrogen (secondary N) is 2. The summed E-state index contributed by atoms with van der Waals surface area (Å²) in [6.07, 6.45) is 1.05. The Morgan fingerprint density at radius 1 is 1.34 bits per heavy atom. The first-order valence-electron chi connectivity index (χ1n) is 9.52. The third kappa shape index (κ3) is 5.60. The number of aliphatic hydroxyl groups excluding tert-OH is 1. The molecular weight excluding hydrogens is 417 g/mol. The lowest BCUT2D eigenvalue weighted by Crippen LogP contribution is -2.45. The minimum absolute atomic E-state index is 0.0660. The number of aryl methyl sites for hydroxylation is 1. The van der Waals surface area contributed by atoms with Gasteiger partial charge in [-0.1, -0.05) is 23.2 Å². The molecule has 1 fully saturated rings. The van der Waals surface area contributed by atoms with Crippen LogP contribution in [0.2, 0.25) is 10.0 Å². The fraction of sp³-hybridized carbons (Fsp3) is 0.526. The molecule has 0 radical (unpaired) electrons. The van der Waals surface area contributed by atoms with Crippen molar-refractivity contribution >= 4 is 29.1 Å². The Hall–Kier alpha value is -1.87. The van der Waals surface area contributed by atoms with Crippen LogP contribution >= 0.6 is 23.2 Å². The van der Waals surface area contributed by atoms with Gasteiger partial charge in [0.2, 0.25) is 0 Å². The Balaban J connectivity index is 1.41. The van der Waals surface area contributed by atoms with Gasteiger partial charge in [0.05, 0.1) is 16.8 Å². The number of ether oxygens (including phenoxy) is 1. The van der Waals surface area contributed by atoms with Gasteiger partial charge in [0, 0.05) is 31.2 Å². The van der Waals surface area contributed by atoms with E-state index < -0.39 is 6.10 Å². The van der Waals surface area contributed by atoms with E-state index in [4.69, 9.17) is 27.9 Å². The zero-order valence-corrected chi connectivity index (χ0v) is 17.9. The van der Waals surface area contributed by atoms with Crippen LogP contribution in [0.5, 0.6) is 5.75 Å². The first-order chi connectivity index (χ1) is 13.8. The predicted molar refractivity (Wildman–Crippen MR) is 111 cm³/mol. The number of likely N-dealkylation sites (tertiary alicyclic amines) is 1. The van der Waals surface area contributed by atoms with Gasteiger partial charge in [0.25, 0.3) is 5.91 Å². The van der Waals surface area contributed by atoms with Crippen molar-refractivity contribution in [3.05, 3.63) is 39.1 Å². The van der Waals surface area contributed by atoms with Crippen molar-refractivity contribution in [2.45, 2.75) is 38.9 Å². The van der Waals surface area contributed by atoms with E-state index in [2.05, 4.69) is 25.6 Å². The number of rotatable bonds is 7. The maximum atomic E-state index is 12.0. The number of nitrogens with zero attached hydrogens (tertiary/aromatic N) is 3. The summed E-state index contributed by atoms with van der Waals surface area (Å²) in [6.45, 7) is 5.78. The quantitative estimate of drug-likeness (QED) is 0.609. The average molecular weight is 442 g/mol. The van der Waals surface area contributed by atoms with Crippen LogP contribution in [0.3, 0.4) is 0 Å². The molecule has 158 valence electrons. The van der Waals surface area contributed by atoms with Crippen LogP contribution in [0.25, 0.3) is 0 Å². The highest BCUT2D eigenvalue weighted by Gasteiger charge is 2.24. The number of aromatic nitrogens is 3. The number of carbonyl (C=O) groups excluding carboxylic acids is 1. The highest BCUT2D eigenvalue weighted by atomic mass is 35.5.